The Balaban J connectivity index is 2.09. The van der Waals surface area contributed by atoms with Gasteiger partial charge in [-0.2, -0.15) is 0 Å². The first-order chi connectivity index (χ1) is 13.3. The lowest BCUT2D eigenvalue weighted by atomic mass is 9.95. The Hall–Kier alpha value is -1.97. The number of carbonyl (C=O) groups excluding carboxylic acids is 3. The van der Waals surface area contributed by atoms with Crippen molar-refractivity contribution in [3.8, 4) is 0 Å². The minimum absolute atomic E-state index is 0.0694. The summed E-state index contributed by atoms with van der Waals surface area (Å²) in [6.07, 6.45) is 3.93. The smallest absolute Gasteiger partial charge is 0.254 e. The van der Waals surface area contributed by atoms with E-state index in [9.17, 15) is 14.4 Å². The third-order valence-corrected chi connectivity index (χ3v) is 5.77. The van der Waals surface area contributed by atoms with Gasteiger partial charge in [-0.15, -0.1) is 11.3 Å². The van der Waals surface area contributed by atoms with E-state index in [1.807, 2.05) is 0 Å². The summed E-state index contributed by atoms with van der Waals surface area (Å²) in [4.78, 5) is 41.3. The van der Waals surface area contributed by atoms with Crippen molar-refractivity contribution >= 4 is 34.1 Å². The molecule has 3 amide bonds. The van der Waals surface area contributed by atoms with Gasteiger partial charge in [0.15, 0.2) is 0 Å². The Morgan fingerprint density at radius 2 is 1.82 bits per heavy atom. The monoisotopic (exact) mass is 410 g/mol. The van der Waals surface area contributed by atoms with Crippen LogP contribution in [0.3, 0.4) is 0 Å². The zero-order chi connectivity index (χ0) is 20.7. The summed E-state index contributed by atoms with van der Waals surface area (Å²) in [7, 11) is 6.67. The van der Waals surface area contributed by atoms with Crippen molar-refractivity contribution < 1.29 is 19.1 Å². The molecule has 1 aliphatic rings. The minimum Gasteiger partial charge on any atom is -0.383 e. The summed E-state index contributed by atoms with van der Waals surface area (Å²) < 4.78 is 4.99. The van der Waals surface area contributed by atoms with Gasteiger partial charge in [0.2, 0.25) is 11.8 Å². The molecule has 2 N–H and O–H groups in total. The van der Waals surface area contributed by atoms with Gasteiger partial charge in [0, 0.05) is 32.6 Å². The molecule has 0 bridgehead atoms. The molecule has 0 aliphatic heterocycles. The Labute approximate surface area is 170 Å². The lowest BCUT2D eigenvalue weighted by Crippen LogP contribution is -2.38. The first-order valence-electron chi connectivity index (χ1n) is 9.43. The van der Waals surface area contributed by atoms with Crippen LogP contribution < -0.4 is 10.6 Å². The van der Waals surface area contributed by atoms with Crippen molar-refractivity contribution in [2.45, 2.75) is 25.7 Å². The fourth-order valence-electron chi connectivity index (χ4n) is 3.09. The number of nitrogens with zero attached hydrogens (tertiary/aromatic N) is 2. The zero-order valence-electron chi connectivity index (χ0n) is 17.1. The maximum absolute atomic E-state index is 12.7. The summed E-state index contributed by atoms with van der Waals surface area (Å²) in [5.41, 5.74) is 1.63. The first-order valence-corrected chi connectivity index (χ1v) is 10.2. The van der Waals surface area contributed by atoms with Crippen molar-refractivity contribution in [3.63, 3.8) is 0 Å². The third kappa shape index (κ3) is 6.02. The molecule has 0 saturated carbocycles. The van der Waals surface area contributed by atoms with Gasteiger partial charge in [-0.05, 0) is 38.3 Å². The number of anilines is 1. The lowest BCUT2D eigenvalue weighted by molar-refractivity contribution is -0.130. The van der Waals surface area contributed by atoms with E-state index in [0.29, 0.717) is 23.7 Å². The molecule has 1 aliphatic carbocycles. The van der Waals surface area contributed by atoms with Crippen molar-refractivity contribution in [3.05, 3.63) is 16.0 Å². The summed E-state index contributed by atoms with van der Waals surface area (Å²) in [5.74, 6) is -0.485. The molecule has 1 aromatic heterocycles. The molecule has 1 aromatic rings. The SMILES string of the molecule is COCCNC(=O)c1c(NC(=O)CN(C)CC(=O)N(C)C)sc2c1CCCC2. The van der Waals surface area contributed by atoms with Crippen LogP contribution in [0.25, 0.3) is 0 Å². The quantitative estimate of drug-likeness (QED) is 0.592. The standard InChI is InChI=1S/C19H30N4O4S/c1-22(2)16(25)12-23(3)11-15(24)21-19-17(18(26)20-9-10-27-4)13-7-5-6-8-14(13)28-19/h5-12H2,1-4H3,(H,20,26)(H,21,24). The summed E-state index contributed by atoms with van der Waals surface area (Å²) in [5, 5.41) is 6.35. The van der Waals surface area contributed by atoms with E-state index < -0.39 is 0 Å². The van der Waals surface area contributed by atoms with Crippen LogP contribution in [-0.4, -0.2) is 82.0 Å². The van der Waals surface area contributed by atoms with E-state index in [-0.39, 0.29) is 30.8 Å². The van der Waals surface area contributed by atoms with E-state index in [2.05, 4.69) is 10.6 Å². The molecule has 28 heavy (non-hydrogen) atoms. The van der Waals surface area contributed by atoms with Gasteiger partial charge in [-0.25, -0.2) is 0 Å². The number of likely N-dealkylation sites (N-methyl/N-ethyl adjacent to an activating group) is 2. The molecule has 156 valence electrons. The highest BCUT2D eigenvalue weighted by Crippen LogP contribution is 2.38. The number of amides is 3. The van der Waals surface area contributed by atoms with E-state index in [1.165, 1.54) is 21.1 Å². The van der Waals surface area contributed by atoms with Crippen molar-refractivity contribution in [2.75, 3.05) is 59.8 Å². The molecule has 1 heterocycles. The number of ether oxygens (including phenoxy) is 1. The van der Waals surface area contributed by atoms with Crippen molar-refractivity contribution in [1.29, 1.82) is 0 Å². The number of rotatable bonds is 9. The van der Waals surface area contributed by atoms with Gasteiger partial charge < -0.3 is 20.3 Å². The van der Waals surface area contributed by atoms with Crippen molar-refractivity contribution in [1.82, 2.24) is 15.1 Å². The minimum atomic E-state index is -0.237. The van der Waals surface area contributed by atoms with E-state index in [1.54, 1.807) is 33.2 Å². The number of hydrogen-bond donors (Lipinski definition) is 2. The van der Waals surface area contributed by atoms with Gasteiger partial charge in [0.25, 0.3) is 5.91 Å². The molecule has 0 saturated heterocycles. The Kier molecular flexibility index (Phi) is 8.40. The summed E-state index contributed by atoms with van der Waals surface area (Å²) >= 11 is 1.49. The summed E-state index contributed by atoms with van der Waals surface area (Å²) in [6, 6.07) is 0. The van der Waals surface area contributed by atoms with Crippen LogP contribution in [0.15, 0.2) is 0 Å². The van der Waals surface area contributed by atoms with Crippen LogP contribution in [0, 0.1) is 0 Å². The van der Waals surface area contributed by atoms with Gasteiger partial charge in [-0.1, -0.05) is 0 Å². The van der Waals surface area contributed by atoms with Gasteiger partial charge >= 0.3 is 0 Å². The van der Waals surface area contributed by atoms with Crippen LogP contribution in [0.4, 0.5) is 5.00 Å². The fraction of sp³-hybridized carbons (Fsp3) is 0.632. The second-order valence-corrected chi connectivity index (χ2v) is 8.28. The average Bonchev–Trinajstić information content (AvgIpc) is 2.99. The topological polar surface area (TPSA) is 91.0 Å². The second kappa shape index (κ2) is 10.5. The third-order valence-electron chi connectivity index (χ3n) is 4.56. The maximum atomic E-state index is 12.7. The van der Waals surface area contributed by atoms with E-state index in [0.717, 1.165) is 31.2 Å². The average molecular weight is 411 g/mol. The molecular formula is C19H30N4O4S. The predicted octanol–water partition coefficient (Wildman–Crippen LogP) is 0.962. The molecule has 0 radical (unpaired) electrons. The molecule has 0 fully saturated rings. The summed E-state index contributed by atoms with van der Waals surface area (Å²) in [6.45, 7) is 1.09. The molecule has 0 atom stereocenters. The van der Waals surface area contributed by atoms with Gasteiger partial charge in [0.1, 0.15) is 5.00 Å². The number of hydrogen-bond acceptors (Lipinski definition) is 6. The second-order valence-electron chi connectivity index (χ2n) is 7.17. The number of thiophene rings is 1. The van der Waals surface area contributed by atoms with Crippen LogP contribution in [0.2, 0.25) is 0 Å². The number of aryl methyl sites for hydroxylation is 1. The molecule has 9 heteroatoms. The highest BCUT2D eigenvalue weighted by molar-refractivity contribution is 7.17. The molecule has 2 rings (SSSR count). The van der Waals surface area contributed by atoms with Gasteiger partial charge in [-0.3, -0.25) is 19.3 Å². The Bertz CT molecular complexity index is 717. The number of fused-ring (bicyclic) bond motifs is 1. The largest absolute Gasteiger partial charge is 0.383 e. The zero-order valence-corrected chi connectivity index (χ0v) is 17.9. The number of nitrogens with one attached hydrogen (secondary N) is 2. The van der Waals surface area contributed by atoms with E-state index >= 15 is 0 Å². The highest BCUT2D eigenvalue weighted by atomic mass is 32.1. The Morgan fingerprint density at radius 3 is 2.50 bits per heavy atom. The van der Waals surface area contributed by atoms with Crippen LogP contribution in [0.5, 0.6) is 0 Å². The normalized spacial score (nSPS) is 13.2. The highest BCUT2D eigenvalue weighted by Gasteiger charge is 2.26. The number of carbonyl (C=O) groups is 3. The molecule has 0 spiro atoms. The first kappa shape index (κ1) is 22.3. The van der Waals surface area contributed by atoms with Gasteiger partial charge in [0.05, 0.1) is 25.3 Å². The number of methoxy groups -OCH3 is 1. The fourth-order valence-corrected chi connectivity index (χ4v) is 4.39. The van der Waals surface area contributed by atoms with Crippen molar-refractivity contribution in [2.24, 2.45) is 0 Å². The van der Waals surface area contributed by atoms with E-state index in [4.69, 9.17) is 4.74 Å². The molecular weight excluding hydrogens is 380 g/mol. The molecule has 8 nitrogen and oxygen atoms in total. The van der Waals surface area contributed by atoms with Crippen LogP contribution >= 0.6 is 11.3 Å². The molecule has 0 aromatic carbocycles. The predicted molar refractivity (Wildman–Crippen MR) is 110 cm³/mol. The molecule has 0 unspecified atom stereocenters. The van der Waals surface area contributed by atoms with Crippen LogP contribution in [-0.2, 0) is 27.2 Å². The lowest BCUT2D eigenvalue weighted by Gasteiger charge is -2.18. The Morgan fingerprint density at radius 1 is 1.11 bits per heavy atom. The maximum Gasteiger partial charge on any atom is 0.254 e. The van der Waals surface area contributed by atoms with Crippen LogP contribution in [0.1, 0.15) is 33.6 Å².